The van der Waals surface area contributed by atoms with Crippen molar-refractivity contribution in [2.24, 2.45) is 0 Å². The molecular formula is C16H17ClN2O3S. The van der Waals surface area contributed by atoms with Crippen LogP contribution in [0.3, 0.4) is 0 Å². The molecule has 1 aromatic heterocycles. The van der Waals surface area contributed by atoms with Crippen LogP contribution in [0.15, 0.2) is 35.7 Å². The summed E-state index contributed by atoms with van der Waals surface area (Å²) in [5.74, 6) is 0.218. The van der Waals surface area contributed by atoms with Crippen molar-refractivity contribution >= 4 is 34.8 Å². The van der Waals surface area contributed by atoms with Crippen molar-refractivity contribution in [2.75, 3.05) is 20.7 Å². The van der Waals surface area contributed by atoms with Gasteiger partial charge in [0, 0.05) is 24.2 Å². The number of likely N-dealkylation sites (N-methyl/N-ethyl adjacent to an activating group) is 1. The number of halogens is 1. The van der Waals surface area contributed by atoms with Crippen LogP contribution in [0.2, 0.25) is 5.02 Å². The van der Waals surface area contributed by atoms with Crippen molar-refractivity contribution in [3.8, 4) is 5.75 Å². The minimum atomic E-state index is -0.248. The van der Waals surface area contributed by atoms with E-state index in [0.29, 0.717) is 22.2 Å². The number of nitrogens with zero attached hydrogens (tertiary/aromatic N) is 1. The smallest absolute Gasteiger partial charge is 0.261 e. The van der Waals surface area contributed by atoms with E-state index in [4.69, 9.17) is 16.3 Å². The summed E-state index contributed by atoms with van der Waals surface area (Å²) in [5.41, 5.74) is 0.806. The van der Waals surface area contributed by atoms with E-state index in [1.807, 2.05) is 5.38 Å². The van der Waals surface area contributed by atoms with Crippen LogP contribution in [0, 0.1) is 0 Å². The number of carbonyl (C=O) groups is 2. The average molecular weight is 353 g/mol. The molecule has 1 N–H and O–H groups in total. The zero-order valence-electron chi connectivity index (χ0n) is 12.8. The Bertz CT molecular complexity index is 689. The molecule has 0 radical (unpaired) electrons. The Kier molecular flexibility index (Phi) is 6.01. The van der Waals surface area contributed by atoms with Crippen LogP contribution < -0.4 is 10.1 Å². The van der Waals surface area contributed by atoms with Crippen molar-refractivity contribution in [2.45, 2.75) is 6.54 Å². The lowest BCUT2D eigenvalue weighted by Gasteiger charge is -2.19. The third-order valence-corrected chi connectivity index (χ3v) is 4.32. The summed E-state index contributed by atoms with van der Waals surface area (Å²) in [4.78, 5) is 26.1. The van der Waals surface area contributed by atoms with Gasteiger partial charge in [0.15, 0.2) is 0 Å². The van der Waals surface area contributed by atoms with E-state index in [0.717, 1.165) is 5.56 Å². The van der Waals surface area contributed by atoms with Crippen molar-refractivity contribution < 1.29 is 14.3 Å². The van der Waals surface area contributed by atoms with E-state index < -0.39 is 0 Å². The van der Waals surface area contributed by atoms with Crippen molar-refractivity contribution in [1.29, 1.82) is 0 Å². The summed E-state index contributed by atoms with van der Waals surface area (Å²) in [6.07, 6.45) is 0. The predicted octanol–water partition coefficient (Wildman–Crippen LogP) is 2.80. The molecule has 2 amide bonds. The lowest BCUT2D eigenvalue weighted by molar-refractivity contribution is -0.129. The largest absolute Gasteiger partial charge is 0.496 e. The van der Waals surface area contributed by atoms with Gasteiger partial charge in [-0.3, -0.25) is 9.59 Å². The number of amides is 2. The Morgan fingerprint density at radius 3 is 2.78 bits per heavy atom. The molecule has 7 heteroatoms. The second kappa shape index (κ2) is 7.99. The van der Waals surface area contributed by atoms with Crippen LogP contribution in [0.4, 0.5) is 0 Å². The molecule has 0 saturated carbocycles. The normalized spacial score (nSPS) is 10.2. The fourth-order valence-electron chi connectivity index (χ4n) is 2.00. The van der Waals surface area contributed by atoms with Gasteiger partial charge in [0.2, 0.25) is 5.91 Å². The first kappa shape index (κ1) is 17.3. The molecule has 23 heavy (non-hydrogen) atoms. The zero-order valence-corrected chi connectivity index (χ0v) is 14.4. The summed E-state index contributed by atoms with van der Waals surface area (Å²) in [5, 5.41) is 5.00. The SMILES string of the molecule is COc1ccc(Cl)cc1CN(C)C(=O)CNC(=O)c1cccs1. The lowest BCUT2D eigenvalue weighted by Crippen LogP contribution is -2.37. The molecule has 0 aliphatic rings. The molecule has 0 unspecified atom stereocenters. The fourth-order valence-corrected chi connectivity index (χ4v) is 2.83. The van der Waals surface area contributed by atoms with Gasteiger partial charge in [-0.2, -0.15) is 0 Å². The Balaban J connectivity index is 1.92. The van der Waals surface area contributed by atoms with Gasteiger partial charge in [0.05, 0.1) is 18.5 Å². The van der Waals surface area contributed by atoms with E-state index in [2.05, 4.69) is 5.32 Å². The quantitative estimate of drug-likeness (QED) is 0.869. The molecule has 5 nitrogen and oxygen atoms in total. The number of methoxy groups -OCH3 is 1. The molecule has 0 bridgehead atoms. The molecule has 0 atom stereocenters. The topological polar surface area (TPSA) is 58.6 Å². The third-order valence-electron chi connectivity index (χ3n) is 3.22. The molecule has 2 rings (SSSR count). The van der Waals surface area contributed by atoms with E-state index >= 15 is 0 Å². The number of carbonyl (C=O) groups excluding carboxylic acids is 2. The maximum atomic E-state index is 12.1. The molecule has 0 aliphatic heterocycles. The van der Waals surface area contributed by atoms with E-state index in [-0.39, 0.29) is 18.4 Å². The van der Waals surface area contributed by atoms with Gasteiger partial charge in [-0.1, -0.05) is 17.7 Å². The molecule has 1 heterocycles. The highest BCUT2D eigenvalue weighted by molar-refractivity contribution is 7.12. The van der Waals surface area contributed by atoms with Gasteiger partial charge in [-0.25, -0.2) is 0 Å². The van der Waals surface area contributed by atoms with Gasteiger partial charge in [0.1, 0.15) is 5.75 Å². The zero-order chi connectivity index (χ0) is 16.8. The van der Waals surface area contributed by atoms with Gasteiger partial charge in [0.25, 0.3) is 5.91 Å². The summed E-state index contributed by atoms with van der Waals surface area (Å²) in [6, 6.07) is 8.75. The van der Waals surface area contributed by atoms with Gasteiger partial charge >= 0.3 is 0 Å². The molecule has 122 valence electrons. The van der Waals surface area contributed by atoms with Crippen LogP contribution in [0.1, 0.15) is 15.2 Å². The lowest BCUT2D eigenvalue weighted by atomic mass is 10.2. The average Bonchev–Trinajstić information content (AvgIpc) is 3.07. The van der Waals surface area contributed by atoms with Crippen molar-refractivity contribution in [3.05, 3.63) is 51.2 Å². The van der Waals surface area contributed by atoms with Gasteiger partial charge in [-0.05, 0) is 29.6 Å². The third kappa shape index (κ3) is 4.71. The number of ether oxygens (including phenoxy) is 1. The minimum Gasteiger partial charge on any atom is -0.496 e. The summed E-state index contributed by atoms with van der Waals surface area (Å²) in [6.45, 7) is 0.285. The second-order valence-corrected chi connectivity index (χ2v) is 6.25. The number of nitrogens with one attached hydrogen (secondary N) is 1. The number of thiophene rings is 1. The number of benzene rings is 1. The van der Waals surface area contributed by atoms with E-state index in [1.54, 1.807) is 44.5 Å². The number of hydrogen-bond donors (Lipinski definition) is 1. The Morgan fingerprint density at radius 1 is 1.35 bits per heavy atom. The first-order chi connectivity index (χ1) is 11.0. The van der Waals surface area contributed by atoms with Crippen LogP contribution >= 0.6 is 22.9 Å². The van der Waals surface area contributed by atoms with Crippen LogP contribution in [-0.2, 0) is 11.3 Å². The maximum Gasteiger partial charge on any atom is 0.261 e. The van der Waals surface area contributed by atoms with E-state index in [1.165, 1.54) is 16.2 Å². The molecule has 0 spiro atoms. The van der Waals surface area contributed by atoms with Crippen LogP contribution in [0.25, 0.3) is 0 Å². The molecule has 0 fully saturated rings. The summed E-state index contributed by atoms with van der Waals surface area (Å²) in [7, 11) is 3.23. The second-order valence-electron chi connectivity index (χ2n) is 4.87. The monoisotopic (exact) mass is 352 g/mol. The van der Waals surface area contributed by atoms with Crippen LogP contribution in [0.5, 0.6) is 5.75 Å². The first-order valence-corrected chi connectivity index (χ1v) is 8.15. The highest BCUT2D eigenvalue weighted by atomic mass is 35.5. The van der Waals surface area contributed by atoms with Gasteiger partial charge < -0.3 is 15.0 Å². The molecule has 0 saturated heterocycles. The number of hydrogen-bond acceptors (Lipinski definition) is 4. The predicted molar refractivity (Wildman–Crippen MR) is 91.1 cm³/mol. The van der Waals surface area contributed by atoms with Crippen LogP contribution in [-0.4, -0.2) is 37.4 Å². The fraction of sp³-hybridized carbons (Fsp3) is 0.250. The standard InChI is InChI=1S/C16H17ClN2O3S/c1-19(10-11-8-12(17)5-6-13(11)22-2)15(20)9-18-16(21)14-4-3-7-23-14/h3-8H,9-10H2,1-2H3,(H,18,21). The molecule has 0 aliphatic carbocycles. The molecular weight excluding hydrogens is 336 g/mol. The summed E-state index contributed by atoms with van der Waals surface area (Å²) < 4.78 is 5.26. The minimum absolute atomic E-state index is 0.0594. The molecule has 1 aromatic carbocycles. The Labute approximate surface area is 143 Å². The Hall–Kier alpha value is -2.05. The maximum absolute atomic E-state index is 12.1. The van der Waals surface area contributed by atoms with Crippen molar-refractivity contribution in [1.82, 2.24) is 10.2 Å². The van der Waals surface area contributed by atoms with Crippen molar-refractivity contribution in [3.63, 3.8) is 0 Å². The first-order valence-electron chi connectivity index (χ1n) is 6.89. The number of rotatable bonds is 6. The highest BCUT2D eigenvalue weighted by Gasteiger charge is 2.14. The highest BCUT2D eigenvalue weighted by Crippen LogP contribution is 2.23. The molecule has 2 aromatic rings. The van der Waals surface area contributed by atoms with Gasteiger partial charge in [-0.15, -0.1) is 11.3 Å². The van der Waals surface area contributed by atoms with E-state index in [9.17, 15) is 9.59 Å². The Morgan fingerprint density at radius 2 is 2.13 bits per heavy atom. The summed E-state index contributed by atoms with van der Waals surface area (Å²) >= 11 is 7.31.